The van der Waals surface area contributed by atoms with Crippen molar-refractivity contribution in [2.75, 3.05) is 0 Å². The number of benzene rings is 2. The van der Waals surface area contributed by atoms with Gasteiger partial charge in [0.2, 0.25) is 0 Å². The lowest BCUT2D eigenvalue weighted by Gasteiger charge is -2.18. The highest BCUT2D eigenvalue weighted by Crippen LogP contribution is 2.26. The first-order valence-corrected chi connectivity index (χ1v) is 8.17. The molecule has 3 aromatic rings. The zero-order valence-corrected chi connectivity index (χ0v) is 13.4. The predicted octanol–water partition coefficient (Wildman–Crippen LogP) is 4.18. The zero-order valence-electron chi connectivity index (χ0n) is 12.6. The third-order valence-corrected chi connectivity index (χ3v) is 4.51. The second-order valence-corrected chi connectivity index (χ2v) is 6.12. The first kappa shape index (κ1) is 15.9. The van der Waals surface area contributed by atoms with E-state index in [1.807, 2.05) is 47.8 Å². The highest BCUT2D eigenvalue weighted by atomic mass is 32.1. The summed E-state index contributed by atoms with van der Waals surface area (Å²) in [6.07, 6.45) is 0. The van der Waals surface area contributed by atoms with Gasteiger partial charge in [0.05, 0.1) is 11.0 Å². The van der Waals surface area contributed by atoms with E-state index in [1.165, 1.54) is 24.3 Å². The Labute approximate surface area is 142 Å². The third-order valence-electron chi connectivity index (χ3n) is 3.58. The van der Waals surface area contributed by atoms with Gasteiger partial charge in [0.15, 0.2) is 0 Å². The molecule has 0 aliphatic rings. The number of nitro benzene ring substituents is 1. The Hall–Kier alpha value is -2.99. The Kier molecular flexibility index (Phi) is 4.67. The number of amides is 1. The maximum Gasteiger partial charge on any atom is 0.269 e. The van der Waals surface area contributed by atoms with Crippen molar-refractivity contribution in [3.8, 4) is 0 Å². The van der Waals surface area contributed by atoms with Gasteiger partial charge in [-0.3, -0.25) is 14.9 Å². The van der Waals surface area contributed by atoms with Crippen molar-refractivity contribution in [3.05, 3.63) is 98.2 Å². The lowest BCUT2D eigenvalue weighted by molar-refractivity contribution is -0.384. The summed E-state index contributed by atoms with van der Waals surface area (Å²) >= 11 is 1.57. The van der Waals surface area contributed by atoms with Crippen molar-refractivity contribution in [1.29, 1.82) is 0 Å². The second-order valence-electron chi connectivity index (χ2n) is 5.14. The minimum Gasteiger partial charge on any atom is -0.340 e. The maximum absolute atomic E-state index is 12.5. The van der Waals surface area contributed by atoms with E-state index in [4.69, 9.17) is 0 Å². The summed E-state index contributed by atoms with van der Waals surface area (Å²) in [6.45, 7) is 0. The standard InChI is InChI=1S/C18H14N2O3S/c21-18(14-8-10-15(11-9-14)20(22)23)19-17(16-7-4-12-24-16)13-5-2-1-3-6-13/h1-12,17H,(H,19,21)/t17-/m0/s1. The Morgan fingerprint density at radius 3 is 2.29 bits per heavy atom. The summed E-state index contributed by atoms with van der Waals surface area (Å²) in [6, 6.07) is 18.9. The Morgan fingerprint density at radius 2 is 1.71 bits per heavy atom. The van der Waals surface area contributed by atoms with E-state index in [2.05, 4.69) is 5.32 Å². The van der Waals surface area contributed by atoms with Crippen LogP contribution in [0.4, 0.5) is 5.69 Å². The van der Waals surface area contributed by atoms with Gasteiger partial charge in [-0.25, -0.2) is 0 Å². The molecule has 1 N–H and O–H groups in total. The molecule has 0 unspecified atom stereocenters. The third kappa shape index (κ3) is 3.49. The van der Waals surface area contributed by atoms with Crippen LogP contribution in [-0.4, -0.2) is 10.8 Å². The fourth-order valence-electron chi connectivity index (χ4n) is 2.37. The van der Waals surface area contributed by atoms with Crippen LogP contribution in [-0.2, 0) is 0 Å². The average Bonchev–Trinajstić information content (AvgIpc) is 3.14. The van der Waals surface area contributed by atoms with Crippen molar-refractivity contribution in [2.45, 2.75) is 6.04 Å². The zero-order chi connectivity index (χ0) is 16.9. The van der Waals surface area contributed by atoms with Gasteiger partial charge in [-0.2, -0.15) is 0 Å². The molecule has 2 aromatic carbocycles. The van der Waals surface area contributed by atoms with Gasteiger partial charge in [0.1, 0.15) is 0 Å². The van der Waals surface area contributed by atoms with E-state index >= 15 is 0 Å². The molecule has 0 saturated heterocycles. The van der Waals surface area contributed by atoms with Gasteiger partial charge >= 0.3 is 0 Å². The number of carbonyl (C=O) groups is 1. The maximum atomic E-state index is 12.5. The van der Waals surface area contributed by atoms with Crippen LogP contribution in [0.25, 0.3) is 0 Å². The van der Waals surface area contributed by atoms with Crippen molar-refractivity contribution >= 4 is 22.9 Å². The first-order valence-electron chi connectivity index (χ1n) is 7.29. The molecule has 1 atom stereocenters. The number of carbonyl (C=O) groups excluding carboxylic acids is 1. The van der Waals surface area contributed by atoms with E-state index in [-0.39, 0.29) is 17.6 Å². The lowest BCUT2D eigenvalue weighted by atomic mass is 10.0. The van der Waals surface area contributed by atoms with Crippen molar-refractivity contribution in [1.82, 2.24) is 5.32 Å². The van der Waals surface area contributed by atoms with Crippen LogP contribution in [0, 0.1) is 10.1 Å². The second kappa shape index (κ2) is 7.06. The highest BCUT2D eigenvalue weighted by Gasteiger charge is 2.19. The molecule has 0 aliphatic carbocycles. The molecule has 3 rings (SSSR count). The summed E-state index contributed by atoms with van der Waals surface area (Å²) in [5.74, 6) is -0.271. The normalized spacial score (nSPS) is 11.7. The number of hydrogen-bond acceptors (Lipinski definition) is 4. The topological polar surface area (TPSA) is 72.2 Å². The molecule has 0 fully saturated rings. The van der Waals surface area contributed by atoms with Gasteiger partial charge in [0.25, 0.3) is 11.6 Å². The van der Waals surface area contributed by atoms with Crippen molar-refractivity contribution < 1.29 is 9.72 Å². The van der Waals surface area contributed by atoms with Crippen LogP contribution in [0.3, 0.4) is 0 Å². The van der Waals surface area contributed by atoms with Crippen molar-refractivity contribution in [3.63, 3.8) is 0 Å². The largest absolute Gasteiger partial charge is 0.340 e. The number of thiophene rings is 1. The van der Waals surface area contributed by atoms with Crippen LogP contribution < -0.4 is 5.32 Å². The summed E-state index contributed by atoms with van der Waals surface area (Å²) in [5.41, 5.74) is 1.33. The van der Waals surface area contributed by atoms with Crippen LogP contribution in [0.15, 0.2) is 72.1 Å². The Balaban J connectivity index is 1.85. The number of hydrogen-bond donors (Lipinski definition) is 1. The number of rotatable bonds is 5. The quantitative estimate of drug-likeness (QED) is 0.560. The van der Waals surface area contributed by atoms with E-state index < -0.39 is 4.92 Å². The summed E-state index contributed by atoms with van der Waals surface area (Å²) in [4.78, 5) is 23.8. The van der Waals surface area contributed by atoms with Crippen molar-refractivity contribution in [2.24, 2.45) is 0 Å². The average molecular weight is 338 g/mol. The van der Waals surface area contributed by atoms with Crippen LogP contribution in [0.1, 0.15) is 26.8 Å². The minimum absolute atomic E-state index is 0.0376. The molecule has 1 amide bonds. The monoisotopic (exact) mass is 338 g/mol. The molecule has 0 bridgehead atoms. The van der Waals surface area contributed by atoms with Crippen LogP contribution in [0.2, 0.25) is 0 Å². The predicted molar refractivity (Wildman–Crippen MR) is 93.2 cm³/mol. The molecule has 0 spiro atoms. The number of non-ortho nitro benzene ring substituents is 1. The molecule has 1 heterocycles. The molecule has 0 saturated carbocycles. The molecule has 24 heavy (non-hydrogen) atoms. The summed E-state index contributed by atoms with van der Waals surface area (Å²) in [5, 5.41) is 15.7. The first-order chi connectivity index (χ1) is 11.6. The van der Waals surface area contributed by atoms with Gasteiger partial charge in [-0.1, -0.05) is 36.4 Å². The molecule has 1 aromatic heterocycles. The fourth-order valence-corrected chi connectivity index (χ4v) is 3.17. The van der Waals surface area contributed by atoms with E-state index in [1.54, 1.807) is 11.3 Å². The van der Waals surface area contributed by atoms with Gasteiger partial charge in [-0.15, -0.1) is 11.3 Å². The van der Waals surface area contributed by atoms with E-state index in [0.29, 0.717) is 5.56 Å². The molecule has 5 nitrogen and oxygen atoms in total. The molecule has 6 heteroatoms. The summed E-state index contributed by atoms with van der Waals surface area (Å²) in [7, 11) is 0. The van der Waals surface area contributed by atoms with Gasteiger partial charge in [-0.05, 0) is 29.1 Å². The Bertz CT molecular complexity index is 830. The highest BCUT2D eigenvalue weighted by molar-refractivity contribution is 7.10. The van der Waals surface area contributed by atoms with Crippen LogP contribution in [0.5, 0.6) is 0 Å². The van der Waals surface area contributed by atoms with Crippen LogP contribution >= 0.6 is 11.3 Å². The minimum atomic E-state index is -0.486. The smallest absolute Gasteiger partial charge is 0.269 e. The molecule has 0 aliphatic heterocycles. The number of nitro groups is 1. The number of nitrogens with zero attached hydrogens (tertiary/aromatic N) is 1. The molecular formula is C18H14N2O3S. The molecule has 0 radical (unpaired) electrons. The summed E-state index contributed by atoms with van der Waals surface area (Å²) < 4.78 is 0. The molecular weight excluding hydrogens is 324 g/mol. The van der Waals surface area contributed by atoms with E-state index in [0.717, 1.165) is 10.4 Å². The van der Waals surface area contributed by atoms with E-state index in [9.17, 15) is 14.9 Å². The lowest BCUT2D eigenvalue weighted by Crippen LogP contribution is -2.28. The SMILES string of the molecule is O=C(N[C@@H](c1ccccc1)c1cccs1)c1ccc([N+](=O)[O-])cc1. The number of nitrogens with one attached hydrogen (secondary N) is 1. The molecule has 120 valence electrons. The van der Waals surface area contributed by atoms with Gasteiger partial charge in [0, 0.05) is 22.6 Å². The van der Waals surface area contributed by atoms with Gasteiger partial charge < -0.3 is 5.32 Å². The fraction of sp³-hybridized carbons (Fsp3) is 0.0556. The Morgan fingerprint density at radius 1 is 1.00 bits per heavy atom.